The number of nitrogens with one attached hydrogen (secondary N) is 1. The normalized spacial score (nSPS) is 22.9. The quantitative estimate of drug-likeness (QED) is 0.657. The molecule has 3 heteroatoms. The summed E-state index contributed by atoms with van der Waals surface area (Å²) in [5.41, 5.74) is 0. The molecule has 0 aliphatic carbocycles. The SMILES string of the molecule is CCOCN(C)CCC1CCCCN1. The minimum Gasteiger partial charge on any atom is -0.366 e. The lowest BCUT2D eigenvalue weighted by molar-refractivity contribution is 0.0483. The highest BCUT2D eigenvalue weighted by Gasteiger charge is 2.12. The molecule has 14 heavy (non-hydrogen) atoms. The lowest BCUT2D eigenvalue weighted by Gasteiger charge is -2.25. The number of piperidine rings is 1. The highest BCUT2D eigenvalue weighted by molar-refractivity contribution is 4.72. The Morgan fingerprint density at radius 1 is 1.43 bits per heavy atom. The summed E-state index contributed by atoms with van der Waals surface area (Å²) in [6.45, 7) is 5.96. The molecule has 1 saturated heterocycles. The number of hydrogen-bond acceptors (Lipinski definition) is 3. The Hall–Kier alpha value is -0.120. The van der Waals surface area contributed by atoms with E-state index in [4.69, 9.17) is 4.74 Å². The van der Waals surface area contributed by atoms with Crippen molar-refractivity contribution >= 4 is 0 Å². The van der Waals surface area contributed by atoms with Gasteiger partial charge in [-0.25, -0.2) is 0 Å². The number of hydrogen-bond donors (Lipinski definition) is 1. The van der Waals surface area contributed by atoms with Gasteiger partial charge in [-0.15, -0.1) is 0 Å². The molecule has 0 aromatic rings. The molecule has 0 bridgehead atoms. The third kappa shape index (κ3) is 4.94. The summed E-state index contributed by atoms with van der Waals surface area (Å²) < 4.78 is 5.34. The van der Waals surface area contributed by atoms with Gasteiger partial charge in [-0.3, -0.25) is 4.90 Å². The molecule has 3 nitrogen and oxygen atoms in total. The van der Waals surface area contributed by atoms with Crippen LogP contribution < -0.4 is 5.32 Å². The van der Waals surface area contributed by atoms with Crippen LogP contribution in [0, 0.1) is 0 Å². The molecule has 0 aromatic heterocycles. The first-order valence-corrected chi connectivity index (χ1v) is 5.82. The molecule has 1 aliphatic heterocycles. The van der Waals surface area contributed by atoms with E-state index in [0.717, 1.165) is 25.9 Å². The lowest BCUT2D eigenvalue weighted by Crippen LogP contribution is -2.37. The van der Waals surface area contributed by atoms with Gasteiger partial charge in [0.15, 0.2) is 0 Å². The summed E-state index contributed by atoms with van der Waals surface area (Å²) in [5.74, 6) is 0. The maximum atomic E-state index is 5.34. The first-order chi connectivity index (χ1) is 6.83. The van der Waals surface area contributed by atoms with Crippen LogP contribution in [0.5, 0.6) is 0 Å². The standard InChI is InChI=1S/C11H24N2O/c1-3-14-10-13(2)9-7-11-6-4-5-8-12-11/h11-12H,3-10H2,1-2H3. The van der Waals surface area contributed by atoms with Crippen LogP contribution in [0.15, 0.2) is 0 Å². The van der Waals surface area contributed by atoms with Gasteiger partial charge < -0.3 is 10.1 Å². The van der Waals surface area contributed by atoms with Crippen molar-refractivity contribution in [3.8, 4) is 0 Å². The van der Waals surface area contributed by atoms with Crippen molar-refractivity contribution in [3.05, 3.63) is 0 Å². The monoisotopic (exact) mass is 200 g/mol. The fourth-order valence-corrected chi connectivity index (χ4v) is 1.86. The molecule has 84 valence electrons. The topological polar surface area (TPSA) is 24.5 Å². The predicted molar refractivity (Wildman–Crippen MR) is 59.4 cm³/mol. The highest BCUT2D eigenvalue weighted by atomic mass is 16.5. The van der Waals surface area contributed by atoms with Crippen LogP contribution in [0.25, 0.3) is 0 Å². The Morgan fingerprint density at radius 3 is 2.93 bits per heavy atom. The van der Waals surface area contributed by atoms with E-state index in [9.17, 15) is 0 Å². The number of rotatable bonds is 6. The van der Waals surface area contributed by atoms with E-state index in [2.05, 4.69) is 17.3 Å². The van der Waals surface area contributed by atoms with Crippen molar-refractivity contribution < 1.29 is 4.74 Å². The van der Waals surface area contributed by atoms with Crippen LogP contribution in [-0.4, -0.2) is 44.4 Å². The second-order valence-electron chi connectivity index (χ2n) is 4.14. The zero-order valence-corrected chi connectivity index (χ0v) is 9.59. The summed E-state index contributed by atoms with van der Waals surface area (Å²) in [6, 6.07) is 0.743. The molecule has 0 spiro atoms. The van der Waals surface area contributed by atoms with Crippen LogP contribution in [0.3, 0.4) is 0 Å². The Labute approximate surface area is 87.8 Å². The first kappa shape index (κ1) is 12.0. The van der Waals surface area contributed by atoms with Crippen molar-refractivity contribution in [1.29, 1.82) is 0 Å². The van der Waals surface area contributed by atoms with Gasteiger partial charge in [0.2, 0.25) is 0 Å². The predicted octanol–water partition coefficient (Wildman–Crippen LogP) is 1.44. The average Bonchev–Trinajstić information content (AvgIpc) is 2.25. The van der Waals surface area contributed by atoms with E-state index in [1.54, 1.807) is 0 Å². The summed E-state index contributed by atoms with van der Waals surface area (Å²) in [5, 5.41) is 3.56. The van der Waals surface area contributed by atoms with Crippen LogP contribution in [0.4, 0.5) is 0 Å². The van der Waals surface area contributed by atoms with Gasteiger partial charge in [0.1, 0.15) is 0 Å². The van der Waals surface area contributed by atoms with Gasteiger partial charge in [-0.05, 0) is 39.8 Å². The van der Waals surface area contributed by atoms with Gasteiger partial charge in [0.25, 0.3) is 0 Å². The molecule has 1 aliphatic rings. The smallest absolute Gasteiger partial charge is 0.0987 e. The number of ether oxygens (including phenoxy) is 1. The summed E-state index contributed by atoms with van der Waals surface area (Å²) >= 11 is 0. The van der Waals surface area contributed by atoms with Crippen molar-refractivity contribution in [3.63, 3.8) is 0 Å². The second-order valence-corrected chi connectivity index (χ2v) is 4.14. The molecular formula is C11H24N2O. The Bertz CT molecular complexity index is 135. The molecule has 1 atom stereocenters. The van der Waals surface area contributed by atoms with Crippen LogP contribution in [0.2, 0.25) is 0 Å². The third-order valence-corrected chi connectivity index (χ3v) is 2.79. The van der Waals surface area contributed by atoms with Crippen molar-refractivity contribution in [1.82, 2.24) is 10.2 Å². The fraction of sp³-hybridized carbons (Fsp3) is 1.00. The van der Waals surface area contributed by atoms with E-state index in [0.29, 0.717) is 0 Å². The molecule has 1 fully saturated rings. The zero-order valence-electron chi connectivity index (χ0n) is 9.59. The van der Waals surface area contributed by atoms with Gasteiger partial charge in [-0.2, -0.15) is 0 Å². The van der Waals surface area contributed by atoms with Crippen molar-refractivity contribution in [2.45, 2.75) is 38.6 Å². The first-order valence-electron chi connectivity index (χ1n) is 5.82. The number of nitrogens with zero attached hydrogens (tertiary/aromatic N) is 1. The molecule has 0 aromatic carbocycles. The van der Waals surface area contributed by atoms with Crippen LogP contribution in [0.1, 0.15) is 32.6 Å². The zero-order chi connectivity index (χ0) is 10.2. The summed E-state index contributed by atoms with van der Waals surface area (Å²) in [6.07, 6.45) is 5.35. The van der Waals surface area contributed by atoms with Crippen molar-refractivity contribution in [2.24, 2.45) is 0 Å². The Balaban J connectivity index is 2.00. The molecule has 1 heterocycles. The molecule has 1 rings (SSSR count). The van der Waals surface area contributed by atoms with E-state index < -0.39 is 0 Å². The molecule has 0 saturated carbocycles. The maximum Gasteiger partial charge on any atom is 0.0987 e. The molecule has 0 amide bonds. The Kier molecular flexibility index (Phi) is 6.15. The largest absolute Gasteiger partial charge is 0.366 e. The second kappa shape index (κ2) is 7.21. The van der Waals surface area contributed by atoms with E-state index in [1.165, 1.54) is 32.2 Å². The summed E-state index contributed by atoms with van der Waals surface area (Å²) in [7, 11) is 2.12. The van der Waals surface area contributed by atoms with Gasteiger partial charge in [-0.1, -0.05) is 6.42 Å². The highest BCUT2D eigenvalue weighted by Crippen LogP contribution is 2.10. The van der Waals surface area contributed by atoms with Gasteiger partial charge >= 0.3 is 0 Å². The third-order valence-electron chi connectivity index (χ3n) is 2.79. The van der Waals surface area contributed by atoms with Crippen LogP contribution in [-0.2, 0) is 4.74 Å². The van der Waals surface area contributed by atoms with E-state index >= 15 is 0 Å². The lowest BCUT2D eigenvalue weighted by atomic mass is 10.0. The van der Waals surface area contributed by atoms with Gasteiger partial charge in [0.05, 0.1) is 6.73 Å². The fourth-order valence-electron chi connectivity index (χ4n) is 1.86. The minimum absolute atomic E-state index is 0.743. The average molecular weight is 200 g/mol. The maximum absolute atomic E-state index is 5.34. The molecular weight excluding hydrogens is 176 g/mol. The molecule has 0 radical (unpaired) electrons. The molecule has 1 unspecified atom stereocenters. The van der Waals surface area contributed by atoms with E-state index in [-0.39, 0.29) is 0 Å². The minimum atomic E-state index is 0.743. The van der Waals surface area contributed by atoms with Crippen LogP contribution >= 0.6 is 0 Å². The van der Waals surface area contributed by atoms with Crippen molar-refractivity contribution in [2.75, 3.05) is 33.5 Å². The molecule has 1 N–H and O–H groups in total. The van der Waals surface area contributed by atoms with Gasteiger partial charge in [0, 0.05) is 19.2 Å². The Morgan fingerprint density at radius 2 is 2.29 bits per heavy atom. The summed E-state index contributed by atoms with van der Waals surface area (Å²) in [4.78, 5) is 2.25. The van der Waals surface area contributed by atoms with E-state index in [1.807, 2.05) is 6.92 Å².